The molecule has 0 saturated heterocycles. The number of aryl methyl sites for hydroxylation is 1. The van der Waals surface area contributed by atoms with E-state index in [0.29, 0.717) is 25.7 Å². The Balaban J connectivity index is 1.97. The Labute approximate surface area is 144 Å². The van der Waals surface area contributed by atoms with Gasteiger partial charge in [0.2, 0.25) is 0 Å². The van der Waals surface area contributed by atoms with Crippen LogP contribution >= 0.6 is 38.9 Å². The van der Waals surface area contributed by atoms with Crippen LogP contribution in [0.3, 0.4) is 0 Å². The number of thiophene rings is 1. The summed E-state index contributed by atoms with van der Waals surface area (Å²) in [6.45, 7) is 1.91. The largest absolute Gasteiger partial charge is 0.321 e. The number of halogens is 3. The summed E-state index contributed by atoms with van der Waals surface area (Å²) in [6, 6.07) is 9.89. The summed E-state index contributed by atoms with van der Waals surface area (Å²) in [5.41, 5.74) is 1.65. The van der Waals surface area contributed by atoms with Crippen LogP contribution in [0.2, 0.25) is 5.02 Å². The lowest BCUT2D eigenvalue weighted by Crippen LogP contribution is -2.11. The molecule has 0 unspecified atom stereocenters. The zero-order chi connectivity index (χ0) is 15.9. The van der Waals surface area contributed by atoms with Crippen LogP contribution in [0.25, 0.3) is 10.1 Å². The monoisotopic (exact) mass is 397 g/mol. The topological polar surface area (TPSA) is 29.1 Å². The molecule has 0 atom stereocenters. The average Bonchev–Trinajstić information content (AvgIpc) is 2.78. The Morgan fingerprint density at radius 3 is 2.77 bits per heavy atom. The second-order valence-corrected chi connectivity index (χ2v) is 7.14. The van der Waals surface area contributed by atoms with Gasteiger partial charge >= 0.3 is 0 Å². The molecule has 0 bridgehead atoms. The van der Waals surface area contributed by atoms with Crippen molar-refractivity contribution in [2.75, 3.05) is 5.32 Å². The van der Waals surface area contributed by atoms with Crippen LogP contribution in [-0.4, -0.2) is 5.91 Å². The minimum absolute atomic E-state index is 0.294. The highest BCUT2D eigenvalue weighted by atomic mass is 79.9. The van der Waals surface area contributed by atoms with Gasteiger partial charge in [0, 0.05) is 20.2 Å². The van der Waals surface area contributed by atoms with Gasteiger partial charge in [-0.05, 0) is 48.9 Å². The van der Waals surface area contributed by atoms with Gasteiger partial charge in [0.1, 0.15) is 10.7 Å². The van der Waals surface area contributed by atoms with Crippen LogP contribution in [0.5, 0.6) is 0 Å². The third kappa shape index (κ3) is 2.89. The maximum absolute atomic E-state index is 13.3. The summed E-state index contributed by atoms with van der Waals surface area (Å²) in [4.78, 5) is 12.8. The molecule has 1 heterocycles. The first-order valence-electron chi connectivity index (χ1n) is 6.41. The molecule has 1 aromatic heterocycles. The molecule has 0 radical (unpaired) electrons. The number of carbonyl (C=O) groups is 1. The van der Waals surface area contributed by atoms with Crippen molar-refractivity contribution in [3.05, 3.63) is 62.2 Å². The number of nitrogens with one attached hydrogen (secondary N) is 1. The fourth-order valence-corrected chi connectivity index (χ4v) is 4.04. The molecule has 0 aliphatic rings. The van der Waals surface area contributed by atoms with E-state index in [1.807, 2.05) is 25.1 Å². The zero-order valence-electron chi connectivity index (χ0n) is 11.4. The van der Waals surface area contributed by atoms with E-state index >= 15 is 0 Å². The smallest absolute Gasteiger partial charge is 0.267 e. The average molecular weight is 399 g/mol. The van der Waals surface area contributed by atoms with E-state index in [-0.39, 0.29) is 11.7 Å². The van der Waals surface area contributed by atoms with Crippen molar-refractivity contribution in [2.24, 2.45) is 0 Å². The summed E-state index contributed by atoms with van der Waals surface area (Å²) in [7, 11) is 0. The van der Waals surface area contributed by atoms with Crippen LogP contribution < -0.4 is 5.32 Å². The Morgan fingerprint density at radius 2 is 2.05 bits per heavy atom. The number of carbonyl (C=O) groups excluding carboxylic acids is 1. The van der Waals surface area contributed by atoms with E-state index in [1.165, 1.54) is 23.5 Å². The van der Waals surface area contributed by atoms with Crippen molar-refractivity contribution >= 4 is 60.5 Å². The second kappa shape index (κ2) is 5.99. The molecule has 0 fully saturated rings. The van der Waals surface area contributed by atoms with Gasteiger partial charge in [-0.1, -0.05) is 27.5 Å². The minimum atomic E-state index is -0.346. The van der Waals surface area contributed by atoms with Crippen molar-refractivity contribution in [1.29, 1.82) is 0 Å². The number of hydrogen-bond acceptors (Lipinski definition) is 2. The van der Waals surface area contributed by atoms with E-state index in [4.69, 9.17) is 11.6 Å². The highest BCUT2D eigenvalue weighted by molar-refractivity contribution is 9.10. The molecule has 1 N–H and O–H groups in total. The van der Waals surface area contributed by atoms with Crippen molar-refractivity contribution in [3.8, 4) is 0 Å². The predicted molar refractivity (Wildman–Crippen MR) is 93.6 cm³/mol. The molecule has 0 saturated carbocycles. The zero-order valence-corrected chi connectivity index (χ0v) is 14.6. The standard InChI is InChI=1S/C16H10BrClFNOS/c1-8-6-9(17)2-5-12(8)20-16(21)15-14(18)11-4-3-10(19)7-13(11)22-15/h2-7H,1H3,(H,20,21). The molecule has 112 valence electrons. The predicted octanol–water partition coefficient (Wildman–Crippen LogP) is 6.02. The van der Waals surface area contributed by atoms with Gasteiger partial charge in [-0.15, -0.1) is 11.3 Å². The van der Waals surface area contributed by atoms with Crippen molar-refractivity contribution < 1.29 is 9.18 Å². The van der Waals surface area contributed by atoms with Crippen molar-refractivity contribution in [2.45, 2.75) is 6.92 Å². The molecule has 0 aliphatic carbocycles. The molecule has 0 spiro atoms. The van der Waals surface area contributed by atoms with Crippen LogP contribution in [0.15, 0.2) is 40.9 Å². The van der Waals surface area contributed by atoms with Crippen LogP contribution in [-0.2, 0) is 0 Å². The Bertz CT molecular complexity index is 893. The quantitative estimate of drug-likeness (QED) is 0.562. The van der Waals surface area contributed by atoms with Crippen LogP contribution in [0.1, 0.15) is 15.2 Å². The fraction of sp³-hybridized carbons (Fsp3) is 0.0625. The number of anilines is 1. The number of hydrogen-bond donors (Lipinski definition) is 1. The van der Waals surface area contributed by atoms with Gasteiger partial charge in [-0.3, -0.25) is 4.79 Å². The van der Waals surface area contributed by atoms with Crippen LogP contribution in [0, 0.1) is 12.7 Å². The molecular formula is C16H10BrClFNOS. The second-order valence-electron chi connectivity index (χ2n) is 4.80. The Hall–Kier alpha value is -1.43. The summed E-state index contributed by atoms with van der Waals surface area (Å²) >= 11 is 10.8. The van der Waals surface area contributed by atoms with Crippen molar-refractivity contribution in [1.82, 2.24) is 0 Å². The Kier molecular flexibility index (Phi) is 4.21. The van der Waals surface area contributed by atoms with Gasteiger partial charge in [0.15, 0.2) is 0 Å². The molecule has 2 nitrogen and oxygen atoms in total. The lowest BCUT2D eigenvalue weighted by Gasteiger charge is -2.08. The summed E-state index contributed by atoms with van der Waals surface area (Å²) in [5.74, 6) is -0.641. The molecule has 22 heavy (non-hydrogen) atoms. The fourth-order valence-electron chi connectivity index (χ4n) is 2.13. The normalized spacial score (nSPS) is 10.9. The molecular weight excluding hydrogens is 389 g/mol. The van der Waals surface area contributed by atoms with E-state index < -0.39 is 0 Å². The summed E-state index contributed by atoms with van der Waals surface area (Å²) in [6.07, 6.45) is 0. The van der Waals surface area contributed by atoms with E-state index in [2.05, 4.69) is 21.2 Å². The maximum Gasteiger partial charge on any atom is 0.267 e. The molecule has 3 rings (SSSR count). The van der Waals surface area contributed by atoms with Gasteiger partial charge < -0.3 is 5.32 Å². The maximum atomic E-state index is 13.3. The first-order valence-corrected chi connectivity index (χ1v) is 8.39. The highest BCUT2D eigenvalue weighted by Crippen LogP contribution is 2.36. The summed E-state index contributed by atoms with van der Waals surface area (Å²) < 4.78 is 14.9. The number of benzene rings is 2. The van der Waals surface area contributed by atoms with Gasteiger partial charge in [0.25, 0.3) is 5.91 Å². The molecule has 0 aliphatic heterocycles. The lowest BCUT2D eigenvalue weighted by atomic mass is 10.2. The highest BCUT2D eigenvalue weighted by Gasteiger charge is 2.18. The molecule has 3 aromatic rings. The van der Waals surface area contributed by atoms with E-state index in [0.717, 1.165) is 10.0 Å². The minimum Gasteiger partial charge on any atom is -0.321 e. The van der Waals surface area contributed by atoms with Gasteiger partial charge in [0.05, 0.1) is 5.02 Å². The number of fused-ring (bicyclic) bond motifs is 1. The first kappa shape index (κ1) is 15.5. The number of rotatable bonds is 2. The molecule has 1 amide bonds. The third-order valence-electron chi connectivity index (χ3n) is 3.23. The van der Waals surface area contributed by atoms with E-state index in [9.17, 15) is 9.18 Å². The van der Waals surface area contributed by atoms with Gasteiger partial charge in [-0.2, -0.15) is 0 Å². The van der Waals surface area contributed by atoms with Crippen LogP contribution in [0.4, 0.5) is 10.1 Å². The summed E-state index contributed by atoms with van der Waals surface area (Å²) in [5, 5.41) is 3.88. The molecule has 2 aromatic carbocycles. The van der Waals surface area contributed by atoms with E-state index in [1.54, 1.807) is 6.07 Å². The number of amides is 1. The van der Waals surface area contributed by atoms with Crippen molar-refractivity contribution in [3.63, 3.8) is 0 Å². The SMILES string of the molecule is Cc1cc(Br)ccc1NC(=O)c1sc2cc(F)ccc2c1Cl. The van der Waals surface area contributed by atoms with Gasteiger partial charge in [-0.25, -0.2) is 4.39 Å². The third-order valence-corrected chi connectivity index (χ3v) is 5.38. The molecule has 6 heteroatoms. The lowest BCUT2D eigenvalue weighted by molar-refractivity contribution is 0.103. The first-order chi connectivity index (χ1) is 10.5. The Morgan fingerprint density at radius 1 is 1.27 bits per heavy atom.